The summed E-state index contributed by atoms with van der Waals surface area (Å²) in [5, 5.41) is 0.841. The van der Waals surface area contributed by atoms with Gasteiger partial charge >= 0.3 is 0 Å². The molecule has 0 saturated heterocycles. The van der Waals surface area contributed by atoms with Crippen LogP contribution in [0.2, 0.25) is 5.02 Å². The molecule has 3 heteroatoms. The first-order valence-electron chi connectivity index (χ1n) is 4.33. The standard InChI is InChI=1S/C10H13Cl2N/c1-7(2)9(11)5-8-3-4-13-6-10(8)12/h3-4,6-7,9H,5H2,1-2H3. The Labute approximate surface area is 89.1 Å². The maximum Gasteiger partial charge on any atom is 0.0621 e. The predicted molar refractivity (Wildman–Crippen MR) is 57.4 cm³/mol. The van der Waals surface area contributed by atoms with Crippen LogP contribution < -0.4 is 0 Å². The van der Waals surface area contributed by atoms with E-state index < -0.39 is 0 Å². The highest BCUT2D eigenvalue weighted by Gasteiger charge is 2.11. The van der Waals surface area contributed by atoms with Crippen LogP contribution in [0.3, 0.4) is 0 Å². The minimum absolute atomic E-state index is 0.139. The van der Waals surface area contributed by atoms with Gasteiger partial charge in [-0.25, -0.2) is 0 Å². The van der Waals surface area contributed by atoms with E-state index in [1.165, 1.54) is 0 Å². The molecule has 0 amide bonds. The Morgan fingerprint density at radius 1 is 1.46 bits per heavy atom. The number of aromatic nitrogens is 1. The molecule has 1 heterocycles. The van der Waals surface area contributed by atoms with Crippen molar-refractivity contribution in [1.82, 2.24) is 4.98 Å². The van der Waals surface area contributed by atoms with Crippen molar-refractivity contribution >= 4 is 23.2 Å². The lowest BCUT2D eigenvalue weighted by molar-refractivity contribution is 0.596. The van der Waals surface area contributed by atoms with Crippen molar-refractivity contribution in [2.24, 2.45) is 5.92 Å². The molecule has 0 aromatic carbocycles. The van der Waals surface area contributed by atoms with Crippen LogP contribution in [0.1, 0.15) is 19.4 Å². The van der Waals surface area contributed by atoms with Crippen molar-refractivity contribution < 1.29 is 0 Å². The zero-order valence-corrected chi connectivity index (χ0v) is 9.31. The Morgan fingerprint density at radius 3 is 2.69 bits per heavy atom. The first-order chi connectivity index (χ1) is 6.11. The van der Waals surface area contributed by atoms with Crippen molar-refractivity contribution in [3.63, 3.8) is 0 Å². The highest BCUT2D eigenvalue weighted by Crippen LogP contribution is 2.20. The van der Waals surface area contributed by atoms with E-state index in [0.29, 0.717) is 10.9 Å². The monoisotopic (exact) mass is 217 g/mol. The molecule has 1 nitrogen and oxygen atoms in total. The molecule has 0 bridgehead atoms. The minimum atomic E-state index is 0.139. The number of nitrogens with zero attached hydrogens (tertiary/aromatic N) is 1. The summed E-state index contributed by atoms with van der Waals surface area (Å²) in [6.45, 7) is 4.21. The van der Waals surface area contributed by atoms with Crippen LogP contribution in [0.4, 0.5) is 0 Å². The van der Waals surface area contributed by atoms with Crippen molar-refractivity contribution in [2.75, 3.05) is 0 Å². The zero-order valence-electron chi connectivity index (χ0n) is 7.80. The molecule has 0 fully saturated rings. The van der Waals surface area contributed by atoms with Crippen LogP contribution in [0.5, 0.6) is 0 Å². The summed E-state index contributed by atoms with van der Waals surface area (Å²) < 4.78 is 0. The van der Waals surface area contributed by atoms with Crippen molar-refractivity contribution in [2.45, 2.75) is 25.6 Å². The normalized spacial score (nSPS) is 13.3. The largest absolute Gasteiger partial charge is 0.263 e. The van der Waals surface area contributed by atoms with Crippen LogP contribution in [-0.2, 0) is 6.42 Å². The van der Waals surface area contributed by atoms with Gasteiger partial charge in [-0.05, 0) is 24.0 Å². The van der Waals surface area contributed by atoms with E-state index in [9.17, 15) is 0 Å². The van der Waals surface area contributed by atoms with E-state index in [4.69, 9.17) is 23.2 Å². The second-order valence-electron chi connectivity index (χ2n) is 3.43. The molecular formula is C10H13Cl2N. The van der Waals surface area contributed by atoms with Gasteiger partial charge in [0.15, 0.2) is 0 Å². The Bertz CT molecular complexity index is 273. The molecule has 0 spiro atoms. The molecule has 0 N–H and O–H groups in total. The van der Waals surface area contributed by atoms with Crippen molar-refractivity contribution in [3.8, 4) is 0 Å². The molecule has 1 aromatic rings. The number of hydrogen-bond donors (Lipinski definition) is 0. The summed E-state index contributed by atoms with van der Waals surface area (Å²) >= 11 is 12.1. The molecule has 72 valence electrons. The third-order valence-corrected chi connectivity index (χ3v) is 2.99. The fourth-order valence-corrected chi connectivity index (χ4v) is 1.38. The summed E-state index contributed by atoms with van der Waals surface area (Å²) in [4.78, 5) is 3.92. The van der Waals surface area contributed by atoms with Crippen LogP contribution in [0.15, 0.2) is 18.5 Å². The van der Waals surface area contributed by atoms with Gasteiger partial charge in [0.2, 0.25) is 0 Å². The predicted octanol–water partition coefficient (Wildman–Crippen LogP) is 3.54. The average Bonchev–Trinajstić information content (AvgIpc) is 2.08. The SMILES string of the molecule is CC(C)C(Cl)Cc1ccncc1Cl. The number of halogens is 2. The number of rotatable bonds is 3. The summed E-state index contributed by atoms with van der Waals surface area (Å²) in [5.41, 5.74) is 1.07. The fraction of sp³-hybridized carbons (Fsp3) is 0.500. The van der Waals surface area contributed by atoms with Crippen LogP contribution >= 0.6 is 23.2 Å². The molecule has 0 saturated carbocycles. The second kappa shape index (κ2) is 4.83. The number of pyridine rings is 1. The van der Waals surface area contributed by atoms with E-state index in [1.54, 1.807) is 12.4 Å². The van der Waals surface area contributed by atoms with Gasteiger partial charge in [0.25, 0.3) is 0 Å². The van der Waals surface area contributed by atoms with E-state index in [0.717, 1.165) is 12.0 Å². The second-order valence-corrected chi connectivity index (χ2v) is 4.40. The summed E-state index contributed by atoms with van der Waals surface area (Å²) in [5.74, 6) is 0.464. The maximum absolute atomic E-state index is 6.14. The van der Waals surface area contributed by atoms with Gasteiger partial charge in [0, 0.05) is 17.8 Å². The van der Waals surface area contributed by atoms with Crippen molar-refractivity contribution in [1.29, 1.82) is 0 Å². The lowest BCUT2D eigenvalue weighted by Gasteiger charge is -2.13. The summed E-state index contributed by atoms with van der Waals surface area (Å²) in [7, 11) is 0. The van der Waals surface area contributed by atoms with Gasteiger partial charge in [0.05, 0.1) is 5.02 Å². The highest BCUT2D eigenvalue weighted by molar-refractivity contribution is 6.31. The van der Waals surface area contributed by atoms with E-state index >= 15 is 0 Å². The first-order valence-corrected chi connectivity index (χ1v) is 5.15. The molecule has 0 radical (unpaired) electrons. The molecule has 1 rings (SSSR count). The van der Waals surface area contributed by atoms with Gasteiger partial charge in [-0.3, -0.25) is 4.98 Å². The lowest BCUT2D eigenvalue weighted by Crippen LogP contribution is -2.11. The Morgan fingerprint density at radius 2 is 2.15 bits per heavy atom. The molecule has 0 aliphatic carbocycles. The van der Waals surface area contributed by atoms with Gasteiger partial charge in [-0.1, -0.05) is 25.4 Å². The Kier molecular flexibility index (Phi) is 4.01. The van der Waals surface area contributed by atoms with E-state index in [2.05, 4.69) is 18.8 Å². The smallest absolute Gasteiger partial charge is 0.0621 e. The van der Waals surface area contributed by atoms with Crippen molar-refractivity contribution in [3.05, 3.63) is 29.0 Å². The van der Waals surface area contributed by atoms with Gasteiger partial charge < -0.3 is 0 Å². The zero-order chi connectivity index (χ0) is 9.84. The molecule has 1 atom stereocenters. The third-order valence-electron chi connectivity index (χ3n) is 1.99. The maximum atomic E-state index is 6.14. The van der Waals surface area contributed by atoms with Gasteiger partial charge in [-0.15, -0.1) is 11.6 Å². The number of hydrogen-bond acceptors (Lipinski definition) is 1. The molecule has 0 aliphatic heterocycles. The summed E-state index contributed by atoms with van der Waals surface area (Å²) in [6, 6.07) is 1.92. The van der Waals surface area contributed by atoms with E-state index in [-0.39, 0.29) is 5.38 Å². The quantitative estimate of drug-likeness (QED) is 0.707. The number of alkyl halides is 1. The van der Waals surface area contributed by atoms with Gasteiger partial charge in [-0.2, -0.15) is 0 Å². The molecular weight excluding hydrogens is 205 g/mol. The molecule has 13 heavy (non-hydrogen) atoms. The summed E-state index contributed by atoms with van der Waals surface area (Å²) in [6.07, 6.45) is 4.20. The van der Waals surface area contributed by atoms with Gasteiger partial charge in [0.1, 0.15) is 0 Å². The topological polar surface area (TPSA) is 12.9 Å². The average molecular weight is 218 g/mol. The Balaban J connectivity index is 2.69. The molecule has 0 aliphatic rings. The fourth-order valence-electron chi connectivity index (χ4n) is 1.02. The van der Waals surface area contributed by atoms with E-state index in [1.807, 2.05) is 6.07 Å². The van der Waals surface area contributed by atoms with Crippen LogP contribution in [0, 0.1) is 5.92 Å². The molecule has 1 aromatic heterocycles. The minimum Gasteiger partial charge on any atom is -0.263 e. The molecule has 1 unspecified atom stereocenters. The third kappa shape index (κ3) is 3.17. The highest BCUT2D eigenvalue weighted by atomic mass is 35.5. The first kappa shape index (κ1) is 10.8. The Hall–Kier alpha value is -0.270. The van der Waals surface area contributed by atoms with Crippen LogP contribution in [-0.4, -0.2) is 10.4 Å². The van der Waals surface area contributed by atoms with Crippen LogP contribution in [0.25, 0.3) is 0 Å². The lowest BCUT2D eigenvalue weighted by atomic mass is 10.0.